The van der Waals surface area contributed by atoms with Crippen molar-refractivity contribution in [3.63, 3.8) is 0 Å². The third-order valence-corrected chi connectivity index (χ3v) is 1.65. The summed E-state index contributed by atoms with van der Waals surface area (Å²) in [5, 5.41) is 8.22. The molecule has 0 N–H and O–H groups in total. The Kier molecular flexibility index (Phi) is 3.60. The van der Waals surface area contributed by atoms with Gasteiger partial charge in [-0.2, -0.15) is 14.0 Å². The van der Waals surface area contributed by atoms with Crippen LogP contribution in [-0.2, 0) is 6.42 Å². The molecule has 0 atom stereocenters. The number of nitrogens with zero attached hydrogens (tertiary/aromatic N) is 2. The smallest absolute Gasteiger partial charge is 0.387 e. The second-order valence-electron chi connectivity index (χ2n) is 2.35. The Morgan fingerprint density at radius 2 is 2.36 bits per heavy atom. The van der Waals surface area contributed by atoms with E-state index in [1.807, 2.05) is 6.07 Å². The number of nitriles is 1. The van der Waals surface area contributed by atoms with Gasteiger partial charge in [0.15, 0.2) is 10.9 Å². The highest BCUT2D eigenvalue weighted by Crippen LogP contribution is 2.24. The summed E-state index contributed by atoms with van der Waals surface area (Å²) < 4.78 is 27.8. The second kappa shape index (κ2) is 4.72. The summed E-state index contributed by atoms with van der Waals surface area (Å²) in [6.45, 7) is -2.95. The van der Waals surface area contributed by atoms with Gasteiger partial charge in [-0.15, -0.1) is 0 Å². The normalized spacial score (nSPS) is 9.93. The molecule has 14 heavy (non-hydrogen) atoms. The molecule has 1 aromatic rings. The van der Waals surface area contributed by atoms with E-state index < -0.39 is 6.61 Å². The Hall–Kier alpha value is -1.41. The molecule has 6 heteroatoms. The molecule has 0 fully saturated rings. The number of ether oxygens (including phenoxy) is 1. The van der Waals surface area contributed by atoms with E-state index in [0.29, 0.717) is 5.56 Å². The van der Waals surface area contributed by atoms with Crippen LogP contribution < -0.4 is 4.74 Å². The molecule has 0 saturated heterocycles. The van der Waals surface area contributed by atoms with E-state index in [4.69, 9.17) is 16.9 Å². The van der Waals surface area contributed by atoms with Crippen molar-refractivity contribution in [2.75, 3.05) is 0 Å². The quantitative estimate of drug-likeness (QED) is 0.732. The van der Waals surface area contributed by atoms with E-state index in [0.717, 1.165) is 0 Å². The molecule has 74 valence electrons. The Balaban J connectivity index is 2.91. The third kappa shape index (κ3) is 2.82. The first-order chi connectivity index (χ1) is 6.63. The van der Waals surface area contributed by atoms with Crippen LogP contribution in [0.2, 0.25) is 5.15 Å². The van der Waals surface area contributed by atoms with Gasteiger partial charge in [-0.1, -0.05) is 11.6 Å². The lowest BCUT2D eigenvalue weighted by atomic mass is 10.2. The van der Waals surface area contributed by atoms with E-state index in [9.17, 15) is 8.78 Å². The number of halogens is 3. The summed E-state index contributed by atoms with van der Waals surface area (Å²) in [4.78, 5) is 3.61. The van der Waals surface area contributed by atoms with Crippen molar-refractivity contribution >= 4 is 11.6 Å². The van der Waals surface area contributed by atoms with Gasteiger partial charge < -0.3 is 4.74 Å². The molecule has 0 saturated carbocycles. The Morgan fingerprint density at radius 1 is 1.64 bits per heavy atom. The van der Waals surface area contributed by atoms with Gasteiger partial charge in [-0.05, 0) is 11.6 Å². The number of hydrogen-bond acceptors (Lipinski definition) is 3. The Bertz CT molecular complexity index is 365. The van der Waals surface area contributed by atoms with Gasteiger partial charge in [-0.25, -0.2) is 4.98 Å². The van der Waals surface area contributed by atoms with Gasteiger partial charge in [0.05, 0.1) is 12.5 Å². The van der Waals surface area contributed by atoms with Gasteiger partial charge in [-0.3, -0.25) is 0 Å². The van der Waals surface area contributed by atoms with Crippen LogP contribution in [0.3, 0.4) is 0 Å². The zero-order valence-corrected chi connectivity index (χ0v) is 7.63. The molecule has 0 bridgehead atoms. The van der Waals surface area contributed by atoms with Crippen LogP contribution in [0.15, 0.2) is 12.3 Å². The van der Waals surface area contributed by atoms with Gasteiger partial charge in [0.25, 0.3) is 0 Å². The molecule has 3 nitrogen and oxygen atoms in total. The lowest BCUT2D eigenvalue weighted by Crippen LogP contribution is -2.03. The average molecular weight is 219 g/mol. The minimum absolute atomic E-state index is 0.0732. The van der Waals surface area contributed by atoms with Gasteiger partial charge in [0, 0.05) is 6.20 Å². The van der Waals surface area contributed by atoms with Crippen molar-refractivity contribution in [3.8, 4) is 11.8 Å². The Labute approximate surface area is 83.9 Å². The first-order valence-electron chi connectivity index (χ1n) is 3.59. The highest BCUT2D eigenvalue weighted by Gasteiger charge is 2.10. The summed E-state index contributed by atoms with van der Waals surface area (Å²) >= 11 is 5.49. The predicted octanol–water partition coefficient (Wildman–Crippen LogP) is 2.40. The minimum Gasteiger partial charge on any atom is -0.432 e. The number of alkyl halides is 2. The first kappa shape index (κ1) is 10.7. The highest BCUT2D eigenvalue weighted by molar-refractivity contribution is 6.30. The molecule has 1 aromatic heterocycles. The van der Waals surface area contributed by atoms with Crippen LogP contribution in [-0.4, -0.2) is 11.6 Å². The van der Waals surface area contributed by atoms with Crippen LogP contribution in [0.1, 0.15) is 5.56 Å². The van der Waals surface area contributed by atoms with Gasteiger partial charge in [0.2, 0.25) is 0 Å². The molecule has 0 aliphatic carbocycles. The fourth-order valence-electron chi connectivity index (χ4n) is 0.835. The second-order valence-corrected chi connectivity index (χ2v) is 2.70. The van der Waals surface area contributed by atoms with E-state index in [1.165, 1.54) is 12.3 Å². The van der Waals surface area contributed by atoms with Crippen LogP contribution in [0.25, 0.3) is 0 Å². The molecule has 0 unspecified atom stereocenters. The highest BCUT2D eigenvalue weighted by atomic mass is 35.5. The van der Waals surface area contributed by atoms with E-state index in [2.05, 4.69) is 9.72 Å². The topological polar surface area (TPSA) is 45.9 Å². The molecule has 1 heterocycles. The van der Waals surface area contributed by atoms with Crippen molar-refractivity contribution in [1.82, 2.24) is 4.98 Å². The summed E-state index contributed by atoms with van der Waals surface area (Å²) in [5.41, 5.74) is 0.479. The molecular formula is C8H5ClF2N2O. The third-order valence-electron chi connectivity index (χ3n) is 1.36. The van der Waals surface area contributed by atoms with Gasteiger partial charge in [0.1, 0.15) is 0 Å². The molecule has 0 aliphatic heterocycles. The predicted molar refractivity (Wildman–Crippen MR) is 45.2 cm³/mol. The summed E-state index contributed by atoms with van der Waals surface area (Å²) in [6.07, 6.45) is 1.41. The Morgan fingerprint density at radius 3 is 2.93 bits per heavy atom. The lowest BCUT2D eigenvalue weighted by Gasteiger charge is -2.06. The summed E-state index contributed by atoms with van der Waals surface area (Å²) in [5.74, 6) is -0.214. The fourth-order valence-corrected chi connectivity index (χ4v) is 0.983. The zero-order valence-electron chi connectivity index (χ0n) is 6.88. The first-order valence-corrected chi connectivity index (χ1v) is 3.97. The SMILES string of the molecule is N#CCc1cnc(Cl)c(OC(F)F)c1. The van der Waals surface area contributed by atoms with Crippen molar-refractivity contribution in [3.05, 3.63) is 23.0 Å². The molecule has 0 amide bonds. The number of hydrogen-bond donors (Lipinski definition) is 0. The summed E-state index contributed by atoms with van der Waals surface area (Å²) in [7, 11) is 0. The standard InChI is InChI=1S/C8H5ClF2N2O/c9-7-6(14-8(10)11)3-5(1-2-12)4-13-7/h3-4,8H,1H2. The fraction of sp³-hybridized carbons (Fsp3) is 0.250. The van der Waals surface area contributed by atoms with Crippen molar-refractivity contribution in [1.29, 1.82) is 5.26 Å². The summed E-state index contributed by atoms with van der Waals surface area (Å²) in [6, 6.07) is 3.13. The van der Waals surface area contributed by atoms with Gasteiger partial charge >= 0.3 is 6.61 Å². The number of rotatable bonds is 3. The van der Waals surface area contributed by atoms with Crippen molar-refractivity contribution < 1.29 is 13.5 Å². The van der Waals surface area contributed by atoms with E-state index in [-0.39, 0.29) is 17.3 Å². The maximum atomic E-state index is 11.8. The molecule has 0 spiro atoms. The molecule has 0 aliphatic rings. The maximum Gasteiger partial charge on any atom is 0.387 e. The van der Waals surface area contributed by atoms with Crippen molar-refractivity contribution in [2.45, 2.75) is 13.0 Å². The lowest BCUT2D eigenvalue weighted by molar-refractivity contribution is -0.0500. The van der Waals surface area contributed by atoms with Crippen LogP contribution in [0, 0.1) is 11.3 Å². The van der Waals surface area contributed by atoms with Crippen LogP contribution >= 0.6 is 11.6 Å². The monoisotopic (exact) mass is 218 g/mol. The minimum atomic E-state index is -2.95. The number of aromatic nitrogens is 1. The van der Waals surface area contributed by atoms with E-state index in [1.54, 1.807) is 0 Å². The zero-order chi connectivity index (χ0) is 10.6. The van der Waals surface area contributed by atoms with Crippen molar-refractivity contribution in [2.24, 2.45) is 0 Å². The molecule has 0 aromatic carbocycles. The molecule has 0 radical (unpaired) electrons. The largest absolute Gasteiger partial charge is 0.432 e. The average Bonchev–Trinajstić information content (AvgIpc) is 2.10. The number of pyridine rings is 1. The van der Waals surface area contributed by atoms with Crippen LogP contribution in [0.5, 0.6) is 5.75 Å². The maximum absolute atomic E-state index is 11.8. The molecular weight excluding hydrogens is 214 g/mol. The molecule has 1 rings (SSSR count). The van der Waals surface area contributed by atoms with Crippen LogP contribution in [0.4, 0.5) is 8.78 Å². The van der Waals surface area contributed by atoms with E-state index >= 15 is 0 Å².